The Bertz CT molecular complexity index is 155. The van der Waals surface area contributed by atoms with Crippen molar-refractivity contribution in [1.29, 1.82) is 0 Å². The van der Waals surface area contributed by atoms with Crippen LogP contribution in [-0.2, 0) is 0 Å². The first-order valence-corrected chi connectivity index (χ1v) is 3.40. The number of rotatable bonds is 3. The highest BCUT2D eigenvalue weighted by molar-refractivity contribution is 4.89. The highest BCUT2D eigenvalue weighted by Crippen LogP contribution is 1.96. The monoisotopic (exact) mass is 141 g/mol. The molecule has 3 nitrogen and oxygen atoms in total. The Balaban J connectivity index is 3.20. The molecule has 0 saturated heterocycles. The van der Waals surface area contributed by atoms with Crippen molar-refractivity contribution in [2.24, 2.45) is 0 Å². The van der Waals surface area contributed by atoms with E-state index >= 15 is 0 Å². The van der Waals surface area contributed by atoms with Gasteiger partial charge in [0.2, 0.25) is 0 Å². The molecule has 0 rings (SSSR count). The van der Waals surface area contributed by atoms with Crippen LogP contribution in [-0.4, -0.2) is 4.92 Å². The summed E-state index contributed by atoms with van der Waals surface area (Å²) in [5.41, 5.74) is 0. The summed E-state index contributed by atoms with van der Waals surface area (Å²) in [4.78, 5) is 9.06. The van der Waals surface area contributed by atoms with Crippen LogP contribution in [0.25, 0.3) is 0 Å². The van der Waals surface area contributed by atoms with Crippen molar-refractivity contribution in [1.82, 2.24) is 0 Å². The van der Waals surface area contributed by atoms with Gasteiger partial charge in [-0.1, -0.05) is 19.8 Å². The Morgan fingerprint density at radius 2 is 2.20 bits per heavy atom. The van der Waals surface area contributed by atoms with Gasteiger partial charge in [0.25, 0.3) is 6.04 Å². The normalized spacial score (nSPS) is 8.10. The van der Waals surface area contributed by atoms with E-state index in [1.165, 1.54) is 0 Å². The topological polar surface area (TPSA) is 43.1 Å². The molecule has 0 fully saturated rings. The molecule has 0 N–H and O–H groups in total. The SMILES string of the molecule is CCCCCC#C[N+](=O)[O-]. The fraction of sp³-hybridized carbons (Fsp3) is 0.714. The zero-order chi connectivity index (χ0) is 7.82. The summed E-state index contributed by atoms with van der Waals surface area (Å²) in [6.07, 6.45) is 3.85. The Labute approximate surface area is 60.6 Å². The van der Waals surface area contributed by atoms with Gasteiger partial charge in [0.1, 0.15) is 4.92 Å². The molecule has 0 spiro atoms. The predicted molar refractivity (Wildman–Crippen MR) is 38.9 cm³/mol. The van der Waals surface area contributed by atoms with Crippen LogP contribution in [0.1, 0.15) is 32.6 Å². The summed E-state index contributed by atoms with van der Waals surface area (Å²) in [6, 6.07) is 1.88. The van der Waals surface area contributed by atoms with Crippen molar-refractivity contribution >= 4 is 0 Å². The molecule has 0 heterocycles. The van der Waals surface area contributed by atoms with E-state index in [0.717, 1.165) is 19.3 Å². The third-order valence-corrected chi connectivity index (χ3v) is 1.08. The zero-order valence-electron chi connectivity index (χ0n) is 6.09. The number of unbranched alkanes of at least 4 members (excludes halogenated alkanes) is 3. The molecule has 0 aliphatic carbocycles. The van der Waals surface area contributed by atoms with E-state index in [9.17, 15) is 10.1 Å². The largest absolute Gasteiger partial charge is 0.290 e. The van der Waals surface area contributed by atoms with E-state index in [-0.39, 0.29) is 0 Å². The third-order valence-electron chi connectivity index (χ3n) is 1.08. The molecule has 0 radical (unpaired) electrons. The lowest BCUT2D eigenvalue weighted by molar-refractivity contribution is -0.379. The first-order valence-electron chi connectivity index (χ1n) is 3.40. The van der Waals surface area contributed by atoms with Crippen LogP contribution in [0.3, 0.4) is 0 Å². The fourth-order valence-electron chi connectivity index (χ4n) is 0.584. The van der Waals surface area contributed by atoms with Crippen LogP contribution in [0.4, 0.5) is 0 Å². The van der Waals surface area contributed by atoms with Crippen LogP contribution in [0, 0.1) is 22.1 Å². The molecule has 0 aromatic rings. The quantitative estimate of drug-likeness (QED) is 0.198. The van der Waals surface area contributed by atoms with Gasteiger partial charge in [-0.2, -0.15) is 0 Å². The van der Waals surface area contributed by atoms with Gasteiger partial charge in [0.05, 0.1) is 0 Å². The summed E-state index contributed by atoms with van der Waals surface area (Å²) < 4.78 is 0. The standard InChI is InChI=1S/C7H11NO2/c1-2-3-4-5-6-7-8(9)10/h2-5H2,1H3. The second-order valence-corrected chi connectivity index (χ2v) is 2.00. The zero-order valence-corrected chi connectivity index (χ0v) is 6.09. The Hall–Kier alpha value is -1.04. The second kappa shape index (κ2) is 6.09. The number of hydrogen-bond acceptors (Lipinski definition) is 2. The average molecular weight is 141 g/mol. The molecule has 3 heteroatoms. The lowest BCUT2D eigenvalue weighted by atomic mass is 10.2. The maximum Gasteiger partial charge on any atom is 0.290 e. The minimum absolute atomic E-state index is 0.605. The molecule has 0 aliphatic heterocycles. The molecule has 0 bridgehead atoms. The van der Waals surface area contributed by atoms with E-state index in [1.807, 2.05) is 6.04 Å². The van der Waals surface area contributed by atoms with Gasteiger partial charge in [-0.15, -0.1) is 0 Å². The van der Waals surface area contributed by atoms with E-state index in [0.29, 0.717) is 6.42 Å². The third kappa shape index (κ3) is 6.96. The Kier molecular flexibility index (Phi) is 5.45. The summed E-state index contributed by atoms with van der Waals surface area (Å²) in [5, 5.41) is 9.66. The Morgan fingerprint density at radius 3 is 2.70 bits per heavy atom. The van der Waals surface area contributed by atoms with Crippen LogP contribution >= 0.6 is 0 Å². The van der Waals surface area contributed by atoms with Crippen LogP contribution in [0.2, 0.25) is 0 Å². The molecule has 0 aromatic carbocycles. The van der Waals surface area contributed by atoms with Crippen LogP contribution in [0.5, 0.6) is 0 Å². The molecule has 0 saturated carbocycles. The first-order chi connectivity index (χ1) is 4.77. The maximum absolute atomic E-state index is 9.66. The number of nitrogens with zero attached hydrogens (tertiary/aromatic N) is 1. The molecule has 0 unspecified atom stereocenters. The highest BCUT2D eigenvalue weighted by Gasteiger charge is 1.84. The van der Waals surface area contributed by atoms with Gasteiger partial charge in [0.15, 0.2) is 0 Å². The van der Waals surface area contributed by atoms with Crippen molar-refractivity contribution in [2.75, 3.05) is 0 Å². The molecule has 0 aromatic heterocycles. The molecule has 0 atom stereocenters. The van der Waals surface area contributed by atoms with E-state index in [2.05, 4.69) is 12.8 Å². The van der Waals surface area contributed by atoms with Gasteiger partial charge in [-0.25, -0.2) is 10.1 Å². The van der Waals surface area contributed by atoms with E-state index < -0.39 is 4.92 Å². The van der Waals surface area contributed by atoms with Crippen molar-refractivity contribution in [2.45, 2.75) is 32.6 Å². The summed E-state index contributed by atoms with van der Waals surface area (Å²) >= 11 is 0. The van der Waals surface area contributed by atoms with Gasteiger partial charge in [-0.3, -0.25) is 0 Å². The molecule has 10 heavy (non-hydrogen) atoms. The maximum atomic E-state index is 9.66. The molecule has 56 valence electrons. The molecule has 0 aliphatic rings. The minimum atomic E-state index is -0.605. The summed E-state index contributed by atoms with van der Waals surface area (Å²) in [7, 11) is 0. The first kappa shape index (κ1) is 8.96. The Morgan fingerprint density at radius 1 is 1.50 bits per heavy atom. The lowest BCUT2D eigenvalue weighted by Crippen LogP contribution is -1.82. The van der Waals surface area contributed by atoms with Gasteiger partial charge >= 0.3 is 0 Å². The van der Waals surface area contributed by atoms with Crippen molar-refractivity contribution < 1.29 is 4.92 Å². The number of nitro groups is 1. The molecular formula is C7H11NO2. The van der Waals surface area contributed by atoms with Crippen molar-refractivity contribution in [3.05, 3.63) is 10.1 Å². The van der Waals surface area contributed by atoms with Crippen molar-refractivity contribution in [3.8, 4) is 12.0 Å². The summed E-state index contributed by atoms with van der Waals surface area (Å²) in [5.74, 6) is 2.47. The van der Waals surface area contributed by atoms with Gasteiger partial charge < -0.3 is 0 Å². The van der Waals surface area contributed by atoms with Crippen LogP contribution in [0.15, 0.2) is 0 Å². The highest BCUT2D eigenvalue weighted by atomic mass is 16.6. The summed E-state index contributed by atoms with van der Waals surface area (Å²) in [6.45, 7) is 2.08. The van der Waals surface area contributed by atoms with Crippen molar-refractivity contribution in [3.63, 3.8) is 0 Å². The van der Waals surface area contributed by atoms with E-state index in [1.54, 1.807) is 0 Å². The average Bonchev–Trinajstić information content (AvgIpc) is 1.87. The van der Waals surface area contributed by atoms with Gasteiger partial charge in [-0.05, 0) is 12.3 Å². The van der Waals surface area contributed by atoms with Gasteiger partial charge in [0, 0.05) is 6.42 Å². The second-order valence-electron chi connectivity index (χ2n) is 2.00. The lowest BCUT2D eigenvalue weighted by Gasteiger charge is -1.86. The fourth-order valence-corrected chi connectivity index (χ4v) is 0.584. The van der Waals surface area contributed by atoms with Crippen LogP contribution < -0.4 is 0 Å². The van der Waals surface area contributed by atoms with E-state index in [4.69, 9.17) is 0 Å². The molecule has 0 amide bonds. The smallest absolute Gasteiger partial charge is 0.249 e. The number of hydrogen-bond donors (Lipinski definition) is 0. The minimum Gasteiger partial charge on any atom is -0.249 e. The predicted octanol–water partition coefficient (Wildman–Crippen LogP) is 1.80. The molecular weight excluding hydrogens is 130 g/mol.